The molecule has 1 amide bonds. The second kappa shape index (κ2) is 9.84. The van der Waals surface area contributed by atoms with Gasteiger partial charge in [-0.2, -0.15) is 5.10 Å². The van der Waals surface area contributed by atoms with Crippen LogP contribution in [0.3, 0.4) is 0 Å². The Morgan fingerprint density at radius 3 is 2.44 bits per heavy atom. The zero-order valence-corrected chi connectivity index (χ0v) is 15.3. The van der Waals surface area contributed by atoms with Crippen LogP contribution in [0.5, 0.6) is 5.75 Å². The molecule has 0 atom stereocenters. The average Bonchev–Trinajstić information content (AvgIpc) is 2.64. The molecule has 0 fully saturated rings. The normalized spacial score (nSPS) is 11.2. The number of hydrogen-bond acceptors (Lipinski definition) is 3. The molecule has 1 N–H and O–H groups in total. The van der Waals surface area contributed by atoms with Crippen molar-refractivity contribution in [1.29, 1.82) is 0 Å². The zero-order chi connectivity index (χ0) is 18.1. The molecule has 0 aliphatic heterocycles. The molecular formula is C20H23ClN2O2. The minimum Gasteiger partial charge on any atom is -0.489 e. The fourth-order valence-electron chi connectivity index (χ4n) is 2.14. The first kappa shape index (κ1) is 19.0. The van der Waals surface area contributed by atoms with E-state index in [2.05, 4.69) is 17.5 Å². The smallest absolute Gasteiger partial charge is 0.240 e. The second-order valence-electron chi connectivity index (χ2n) is 5.78. The van der Waals surface area contributed by atoms with Gasteiger partial charge in [-0.25, -0.2) is 5.43 Å². The third-order valence-electron chi connectivity index (χ3n) is 3.70. The Morgan fingerprint density at radius 2 is 1.80 bits per heavy atom. The van der Waals surface area contributed by atoms with Gasteiger partial charge in [0.05, 0.1) is 5.71 Å². The minimum absolute atomic E-state index is 0.0517. The van der Waals surface area contributed by atoms with Crippen molar-refractivity contribution in [2.75, 3.05) is 0 Å². The number of unbranched alkanes of at least 4 members (excludes halogenated alkanes) is 1. The van der Waals surface area contributed by atoms with Crippen molar-refractivity contribution in [2.24, 2.45) is 5.10 Å². The number of hydrogen-bond donors (Lipinski definition) is 1. The van der Waals surface area contributed by atoms with E-state index in [4.69, 9.17) is 16.3 Å². The van der Waals surface area contributed by atoms with Crippen molar-refractivity contribution < 1.29 is 9.53 Å². The predicted octanol–water partition coefficient (Wildman–Crippen LogP) is 4.95. The van der Waals surface area contributed by atoms with Gasteiger partial charge in [0.15, 0.2) is 0 Å². The number of carbonyl (C=O) groups excluding carboxylic acids is 1. The fourth-order valence-corrected chi connectivity index (χ4v) is 2.27. The number of halogens is 1. The van der Waals surface area contributed by atoms with Crippen LogP contribution in [0.4, 0.5) is 0 Å². The van der Waals surface area contributed by atoms with Gasteiger partial charge in [-0.3, -0.25) is 4.79 Å². The van der Waals surface area contributed by atoms with Gasteiger partial charge >= 0.3 is 0 Å². The summed E-state index contributed by atoms with van der Waals surface area (Å²) in [6.45, 7) is 4.40. The maximum absolute atomic E-state index is 11.6. The Kier molecular flexibility index (Phi) is 7.48. The molecule has 0 heterocycles. The van der Waals surface area contributed by atoms with E-state index in [1.807, 2.05) is 55.5 Å². The van der Waals surface area contributed by atoms with Crippen LogP contribution >= 0.6 is 11.6 Å². The van der Waals surface area contributed by atoms with E-state index in [-0.39, 0.29) is 5.91 Å². The third kappa shape index (κ3) is 6.59. The van der Waals surface area contributed by atoms with Gasteiger partial charge in [0.1, 0.15) is 12.4 Å². The van der Waals surface area contributed by atoms with Crippen molar-refractivity contribution in [3.63, 3.8) is 0 Å². The van der Waals surface area contributed by atoms with Crippen LogP contribution in [0.1, 0.15) is 44.2 Å². The van der Waals surface area contributed by atoms with Gasteiger partial charge in [0, 0.05) is 11.4 Å². The molecular weight excluding hydrogens is 336 g/mol. The van der Waals surface area contributed by atoms with Gasteiger partial charge in [-0.1, -0.05) is 37.1 Å². The molecule has 0 bridgehead atoms. The van der Waals surface area contributed by atoms with E-state index >= 15 is 0 Å². The minimum atomic E-state index is -0.0517. The van der Waals surface area contributed by atoms with Gasteiger partial charge in [-0.15, -0.1) is 0 Å². The molecule has 4 nitrogen and oxygen atoms in total. The van der Waals surface area contributed by atoms with Gasteiger partial charge in [0.25, 0.3) is 0 Å². The summed E-state index contributed by atoms with van der Waals surface area (Å²) in [5, 5.41) is 4.86. The van der Waals surface area contributed by atoms with Crippen molar-refractivity contribution in [3.05, 3.63) is 64.7 Å². The largest absolute Gasteiger partial charge is 0.489 e. The van der Waals surface area contributed by atoms with Gasteiger partial charge in [0.2, 0.25) is 5.91 Å². The van der Waals surface area contributed by atoms with E-state index in [1.54, 1.807) is 0 Å². The molecule has 0 aliphatic carbocycles. The number of amides is 1. The topological polar surface area (TPSA) is 50.7 Å². The predicted molar refractivity (Wildman–Crippen MR) is 102 cm³/mol. The molecule has 25 heavy (non-hydrogen) atoms. The highest BCUT2D eigenvalue weighted by atomic mass is 35.5. The number of hydrazone groups is 1. The maximum Gasteiger partial charge on any atom is 0.240 e. The maximum atomic E-state index is 11.6. The Morgan fingerprint density at radius 1 is 1.12 bits per heavy atom. The summed E-state index contributed by atoms with van der Waals surface area (Å²) in [6.07, 6.45) is 2.37. The Hall–Kier alpha value is -2.33. The zero-order valence-electron chi connectivity index (χ0n) is 14.6. The quantitative estimate of drug-likeness (QED) is 0.536. The summed E-state index contributed by atoms with van der Waals surface area (Å²) in [5.74, 6) is 0.725. The summed E-state index contributed by atoms with van der Waals surface area (Å²) < 4.78 is 5.76. The highest BCUT2D eigenvalue weighted by Gasteiger charge is 2.02. The van der Waals surface area contributed by atoms with Crippen molar-refractivity contribution in [2.45, 2.75) is 39.7 Å². The Labute approximate surface area is 153 Å². The van der Waals surface area contributed by atoms with Crippen LogP contribution in [0.25, 0.3) is 0 Å². The summed E-state index contributed by atoms with van der Waals surface area (Å²) >= 11 is 5.87. The molecule has 0 saturated heterocycles. The van der Waals surface area contributed by atoms with Crippen molar-refractivity contribution in [1.82, 2.24) is 5.43 Å². The molecule has 0 aliphatic rings. The van der Waals surface area contributed by atoms with Gasteiger partial charge in [-0.05, 0) is 60.9 Å². The number of nitrogens with zero attached hydrogens (tertiary/aromatic N) is 1. The first-order valence-corrected chi connectivity index (χ1v) is 8.77. The molecule has 0 aromatic heterocycles. The lowest BCUT2D eigenvalue weighted by molar-refractivity contribution is -0.121. The number of benzene rings is 2. The molecule has 0 spiro atoms. The highest BCUT2D eigenvalue weighted by Crippen LogP contribution is 2.16. The lowest BCUT2D eigenvalue weighted by Gasteiger charge is -2.08. The van der Waals surface area contributed by atoms with Gasteiger partial charge < -0.3 is 4.74 Å². The molecule has 2 aromatic carbocycles. The first-order valence-electron chi connectivity index (χ1n) is 8.39. The standard InChI is InChI=1S/C20H23ClN2O2/c1-3-4-5-20(24)23-22-15(2)17-8-12-19(13-9-17)25-14-16-6-10-18(21)11-7-16/h6-13H,3-5,14H2,1-2H3,(H,23,24). The molecule has 2 aromatic rings. The SMILES string of the molecule is CCCCC(=O)NN=C(C)c1ccc(OCc2ccc(Cl)cc2)cc1. The lowest BCUT2D eigenvalue weighted by atomic mass is 10.1. The van der Waals surface area contributed by atoms with E-state index in [0.717, 1.165) is 35.4 Å². The molecule has 0 saturated carbocycles. The van der Waals surface area contributed by atoms with E-state index < -0.39 is 0 Å². The molecule has 0 radical (unpaired) electrons. The van der Waals surface area contributed by atoms with Crippen LogP contribution in [0, 0.1) is 0 Å². The Balaban J connectivity index is 1.87. The fraction of sp³-hybridized carbons (Fsp3) is 0.300. The average molecular weight is 359 g/mol. The van der Waals surface area contributed by atoms with Crippen LogP contribution in [0.15, 0.2) is 53.6 Å². The number of rotatable bonds is 8. The number of carbonyl (C=O) groups is 1. The summed E-state index contributed by atoms with van der Waals surface area (Å²) in [5.41, 5.74) is 5.34. The van der Waals surface area contributed by atoms with E-state index in [1.165, 1.54) is 0 Å². The number of ether oxygens (including phenoxy) is 1. The van der Waals surface area contributed by atoms with Crippen LogP contribution < -0.4 is 10.2 Å². The summed E-state index contributed by atoms with van der Waals surface area (Å²) in [6, 6.07) is 15.2. The first-order chi connectivity index (χ1) is 12.1. The van der Waals surface area contributed by atoms with Crippen LogP contribution in [0.2, 0.25) is 5.02 Å². The van der Waals surface area contributed by atoms with Crippen LogP contribution in [-0.2, 0) is 11.4 Å². The molecule has 2 rings (SSSR count). The lowest BCUT2D eigenvalue weighted by Crippen LogP contribution is -2.18. The second-order valence-corrected chi connectivity index (χ2v) is 6.21. The summed E-state index contributed by atoms with van der Waals surface area (Å²) in [7, 11) is 0. The van der Waals surface area contributed by atoms with Crippen LogP contribution in [-0.4, -0.2) is 11.6 Å². The monoisotopic (exact) mass is 358 g/mol. The van der Waals surface area contributed by atoms with Crippen molar-refractivity contribution in [3.8, 4) is 5.75 Å². The Bertz CT molecular complexity index is 709. The molecule has 132 valence electrons. The summed E-state index contributed by atoms with van der Waals surface area (Å²) in [4.78, 5) is 11.6. The third-order valence-corrected chi connectivity index (χ3v) is 3.95. The van der Waals surface area contributed by atoms with E-state index in [9.17, 15) is 4.79 Å². The highest BCUT2D eigenvalue weighted by molar-refractivity contribution is 6.30. The number of nitrogens with one attached hydrogen (secondary N) is 1. The molecule has 5 heteroatoms. The van der Waals surface area contributed by atoms with Crippen molar-refractivity contribution >= 4 is 23.2 Å². The van der Waals surface area contributed by atoms with E-state index in [0.29, 0.717) is 18.1 Å². The molecule has 0 unspecified atom stereocenters.